The van der Waals surface area contributed by atoms with E-state index < -0.39 is 6.10 Å². The minimum atomic E-state index is -0.407. The first kappa shape index (κ1) is 14.4. The van der Waals surface area contributed by atoms with Crippen molar-refractivity contribution in [2.75, 3.05) is 39.0 Å². The van der Waals surface area contributed by atoms with Crippen molar-refractivity contribution in [2.45, 2.75) is 25.0 Å². The van der Waals surface area contributed by atoms with Crippen molar-refractivity contribution in [3.05, 3.63) is 29.3 Å². The SMILES string of the molecule is CN(C)CC1CC(O)CN1C(=O)c1ccc2c(c1)CCN2. The van der Waals surface area contributed by atoms with Gasteiger partial charge in [0.1, 0.15) is 0 Å². The minimum Gasteiger partial charge on any atom is -0.391 e. The molecule has 3 rings (SSSR count). The number of β-amino-alcohol motifs (C(OH)–C–C–N with tert-alkyl or cyclic N) is 1. The number of benzene rings is 1. The maximum Gasteiger partial charge on any atom is 0.254 e. The Balaban J connectivity index is 1.80. The largest absolute Gasteiger partial charge is 0.391 e. The Morgan fingerprint density at radius 3 is 3.05 bits per heavy atom. The summed E-state index contributed by atoms with van der Waals surface area (Å²) < 4.78 is 0. The molecule has 1 amide bonds. The lowest BCUT2D eigenvalue weighted by molar-refractivity contribution is 0.0699. The van der Waals surface area contributed by atoms with E-state index in [1.165, 1.54) is 5.56 Å². The summed E-state index contributed by atoms with van der Waals surface area (Å²) in [6.45, 7) is 2.17. The van der Waals surface area contributed by atoms with Crippen LogP contribution in [0.2, 0.25) is 0 Å². The molecule has 1 aromatic rings. The second-order valence-electron chi connectivity index (χ2n) is 6.31. The summed E-state index contributed by atoms with van der Waals surface area (Å²) in [6, 6.07) is 5.96. The molecule has 1 saturated heterocycles. The molecular formula is C16H23N3O2. The number of rotatable bonds is 3. The van der Waals surface area contributed by atoms with Gasteiger partial charge in [-0.25, -0.2) is 0 Å². The van der Waals surface area contributed by atoms with Gasteiger partial charge in [0.25, 0.3) is 5.91 Å². The quantitative estimate of drug-likeness (QED) is 0.864. The molecule has 1 aromatic carbocycles. The average Bonchev–Trinajstić information content (AvgIpc) is 3.02. The van der Waals surface area contributed by atoms with Gasteiger partial charge in [-0.3, -0.25) is 4.79 Å². The number of hydrogen-bond donors (Lipinski definition) is 2. The minimum absolute atomic E-state index is 0.0353. The normalized spacial score (nSPS) is 24.3. The maximum atomic E-state index is 12.8. The fourth-order valence-corrected chi connectivity index (χ4v) is 3.34. The molecule has 114 valence electrons. The molecule has 0 aromatic heterocycles. The summed E-state index contributed by atoms with van der Waals surface area (Å²) in [7, 11) is 3.99. The lowest BCUT2D eigenvalue weighted by Crippen LogP contribution is -2.41. The zero-order chi connectivity index (χ0) is 15.0. The number of likely N-dealkylation sites (N-methyl/N-ethyl adjacent to an activating group) is 1. The second kappa shape index (κ2) is 5.66. The van der Waals surface area contributed by atoms with Gasteiger partial charge >= 0.3 is 0 Å². The van der Waals surface area contributed by atoms with Gasteiger partial charge in [0, 0.05) is 36.9 Å². The Morgan fingerprint density at radius 2 is 2.29 bits per heavy atom. The molecule has 2 aliphatic heterocycles. The molecule has 2 heterocycles. The van der Waals surface area contributed by atoms with E-state index in [2.05, 4.69) is 10.2 Å². The summed E-state index contributed by atoms with van der Waals surface area (Å²) in [4.78, 5) is 16.7. The van der Waals surface area contributed by atoms with Crippen LogP contribution in [0, 0.1) is 0 Å². The van der Waals surface area contributed by atoms with Crippen molar-refractivity contribution in [3.8, 4) is 0 Å². The third kappa shape index (κ3) is 2.89. The van der Waals surface area contributed by atoms with Crippen LogP contribution in [0.5, 0.6) is 0 Å². The number of aliphatic hydroxyl groups is 1. The Morgan fingerprint density at radius 1 is 1.48 bits per heavy atom. The third-order valence-corrected chi connectivity index (χ3v) is 4.29. The van der Waals surface area contributed by atoms with E-state index in [1.807, 2.05) is 37.2 Å². The molecule has 2 aliphatic rings. The third-order valence-electron chi connectivity index (χ3n) is 4.29. The Bertz CT molecular complexity index is 544. The second-order valence-corrected chi connectivity index (χ2v) is 6.31. The van der Waals surface area contributed by atoms with Crippen LogP contribution in [-0.2, 0) is 6.42 Å². The van der Waals surface area contributed by atoms with Gasteiger partial charge in [0.15, 0.2) is 0 Å². The first-order valence-electron chi connectivity index (χ1n) is 7.55. The first-order valence-corrected chi connectivity index (χ1v) is 7.55. The fraction of sp³-hybridized carbons (Fsp3) is 0.562. The zero-order valence-corrected chi connectivity index (χ0v) is 12.7. The van der Waals surface area contributed by atoms with Crippen molar-refractivity contribution >= 4 is 11.6 Å². The Kier molecular flexibility index (Phi) is 3.87. The fourth-order valence-electron chi connectivity index (χ4n) is 3.34. The lowest BCUT2D eigenvalue weighted by Gasteiger charge is -2.27. The maximum absolute atomic E-state index is 12.8. The highest BCUT2D eigenvalue weighted by Crippen LogP contribution is 2.26. The summed E-state index contributed by atoms with van der Waals surface area (Å²) in [5, 5.41) is 13.2. The highest BCUT2D eigenvalue weighted by Gasteiger charge is 2.35. The molecule has 2 N–H and O–H groups in total. The highest BCUT2D eigenvalue weighted by atomic mass is 16.3. The average molecular weight is 289 g/mol. The van der Waals surface area contributed by atoms with E-state index in [4.69, 9.17) is 0 Å². The highest BCUT2D eigenvalue weighted by molar-refractivity contribution is 5.95. The van der Waals surface area contributed by atoms with Gasteiger partial charge in [0.2, 0.25) is 0 Å². The van der Waals surface area contributed by atoms with Gasteiger partial charge in [-0.1, -0.05) is 0 Å². The summed E-state index contributed by atoms with van der Waals surface area (Å²) in [5.41, 5.74) is 3.08. The van der Waals surface area contributed by atoms with Crippen LogP contribution in [0.3, 0.4) is 0 Å². The monoisotopic (exact) mass is 289 g/mol. The van der Waals surface area contributed by atoms with Crippen molar-refractivity contribution < 1.29 is 9.90 Å². The van der Waals surface area contributed by atoms with Gasteiger partial charge in [0.05, 0.1) is 6.10 Å². The predicted molar refractivity (Wildman–Crippen MR) is 82.6 cm³/mol. The van der Waals surface area contributed by atoms with Crippen molar-refractivity contribution in [1.29, 1.82) is 0 Å². The molecule has 0 saturated carbocycles. The molecule has 2 unspecified atom stereocenters. The van der Waals surface area contributed by atoms with Crippen LogP contribution in [0.25, 0.3) is 0 Å². The van der Waals surface area contributed by atoms with Gasteiger partial charge in [-0.2, -0.15) is 0 Å². The first-order chi connectivity index (χ1) is 10.0. The topological polar surface area (TPSA) is 55.8 Å². The van der Waals surface area contributed by atoms with Crippen molar-refractivity contribution in [1.82, 2.24) is 9.80 Å². The Hall–Kier alpha value is -1.59. The zero-order valence-electron chi connectivity index (χ0n) is 12.7. The molecule has 5 heteroatoms. The summed E-state index contributed by atoms with van der Waals surface area (Å²) in [6.07, 6.45) is 1.23. The molecule has 0 bridgehead atoms. The molecule has 21 heavy (non-hydrogen) atoms. The van der Waals surface area contributed by atoms with E-state index in [0.717, 1.165) is 30.8 Å². The van der Waals surface area contributed by atoms with E-state index in [9.17, 15) is 9.90 Å². The molecule has 5 nitrogen and oxygen atoms in total. The number of carbonyl (C=O) groups is 1. The van der Waals surface area contributed by atoms with E-state index in [-0.39, 0.29) is 11.9 Å². The molecule has 1 fully saturated rings. The number of aliphatic hydroxyl groups excluding tert-OH is 1. The van der Waals surface area contributed by atoms with Crippen LogP contribution in [0.1, 0.15) is 22.3 Å². The number of fused-ring (bicyclic) bond motifs is 1. The molecule has 0 radical (unpaired) electrons. The number of carbonyl (C=O) groups excluding carboxylic acids is 1. The lowest BCUT2D eigenvalue weighted by atomic mass is 10.1. The van der Waals surface area contributed by atoms with Crippen LogP contribution in [-0.4, -0.2) is 66.7 Å². The molecule has 0 aliphatic carbocycles. The van der Waals surface area contributed by atoms with Crippen LogP contribution < -0.4 is 5.32 Å². The number of amides is 1. The summed E-state index contributed by atoms with van der Waals surface area (Å²) in [5.74, 6) is 0.0353. The smallest absolute Gasteiger partial charge is 0.254 e. The molecule has 0 spiro atoms. The number of nitrogens with zero attached hydrogens (tertiary/aromatic N) is 2. The van der Waals surface area contributed by atoms with Crippen LogP contribution in [0.4, 0.5) is 5.69 Å². The van der Waals surface area contributed by atoms with Crippen LogP contribution in [0.15, 0.2) is 18.2 Å². The number of nitrogens with one attached hydrogen (secondary N) is 1. The molecule has 2 atom stereocenters. The van der Waals surface area contributed by atoms with Gasteiger partial charge < -0.3 is 20.2 Å². The van der Waals surface area contributed by atoms with Gasteiger partial charge in [-0.15, -0.1) is 0 Å². The van der Waals surface area contributed by atoms with E-state index >= 15 is 0 Å². The number of likely N-dealkylation sites (tertiary alicyclic amines) is 1. The van der Waals surface area contributed by atoms with E-state index in [0.29, 0.717) is 13.0 Å². The molecular weight excluding hydrogens is 266 g/mol. The standard InChI is InChI=1S/C16H23N3O2/c1-18(2)9-13-8-14(20)10-19(13)16(21)12-3-4-15-11(7-12)5-6-17-15/h3-4,7,13-14,17,20H,5-6,8-10H2,1-2H3. The number of anilines is 1. The van der Waals surface area contributed by atoms with E-state index in [1.54, 1.807) is 0 Å². The number of hydrogen-bond acceptors (Lipinski definition) is 4. The van der Waals surface area contributed by atoms with Crippen molar-refractivity contribution in [2.24, 2.45) is 0 Å². The Labute approximate surface area is 125 Å². The van der Waals surface area contributed by atoms with Crippen LogP contribution >= 0.6 is 0 Å². The predicted octanol–water partition coefficient (Wildman–Crippen LogP) is 0.792. The summed E-state index contributed by atoms with van der Waals surface area (Å²) >= 11 is 0. The van der Waals surface area contributed by atoms with Gasteiger partial charge in [-0.05, 0) is 50.7 Å². The van der Waals surface area contributed by atoms with Crippen molar-refractivity contribution in [3.63, 3.8) is 0 Å².